The van der Waals surface area contributed by atoms with Crippen LogP contribution >= 0.6 is 46.6 Å². The Morgan fingerprint density at radius 3 is 2.43 bits per heavy atom. The van der Waals surface area contributed by atoms with Gasteiger partial charge in [0.25, 0.3) is 5.56 Å². The Bertz CT molecular complexity index is 1140. The third kappa shape index (κ3) is 5.11. The average Bonchev–Trinajstić information content (AvgIpc) is 2.68. The molecular formula is C21H20Cl3N3O2S. The predicted molar refractivity (Wildman–Crippen MR) is 126 cm³/mol. The van der Waals surface area contributed by atoms with Crippen molar-refractivity contribution >= 4 is 69.1 Å². The van der Waals surface area contributed by atoms with Crippen LogP contribution in [0.5, 0.6) is 0 Å². The maximum absolute atomic E-state index is 13.1. The van der Waals surface area contributed by atoms with Crippen LogP contribution in [0.4, 0.5) is 5.69 Å². The van der Waals surface area contributed by atoms with Gasteiger partial charge in [-0.15, -0.1) is 0 Å². The number of halogens is 3. The Morgan fingerprint density at radius 1 is 1.13 bits per heavy atom. The lowest BCUT2D eigenvalue weighted by Gasteiger charge is -2.18. The molecule has 1 aromatic heterocycles. The van der Waals surface area contributed by atoms with E-state index in [-0.39, 0.29) is 17.4 Å². The van der Waals surface area contributed by atoms with Crippen molar-refractivity contribution in [2.75, 3.05) is 5.32 Å². The van der Waals surface area contributed by atoms with Crippen LogP contribution in [0.25, 0.3) is 10.9 Å². The van der Waals surface area contributed by atoms with E-state index in [0.29, 0.717) is 43.4 Å². The van der Waals surface area contributed by atoms with Gasteiger partial charge in [-0.05, 0) is 43.2 Å². The highest BCUT2D eigenvalue weighted by molar-refractivity contribution is 8.00. The number of hydrogen-bond acceptors (Lipinski definition) is 4. The number of fused-ring (bicyclic) bond motifs is 1. The predicted octanol–water partition coefficient (Wildman–Crippen LogP) is 6.13. The molecule has 0 aliphatic rings. The summed E-state index contributed by atoms with van der Waals surface area (Å²) in [6, 6.07) is 10.0. The van der Waals surface area contributed by atoms with Crippen LogP contribution in [-0.2, 0) is 11.3 Å². The van der Waals surface area contributed by atoms with Gasteiger partial charge in [-0.1, -0.05) is 66.5 Å². The van der Waals surface area contributed by atoms with Crippen molar-refractivity contribution < 1.29 is 4.79 Å². The summed E-state index contributed by atoms with van der Waals surface area (Å²) in [6.45, 7) is 6.24. The van der Waals surface area contributed by atoms with Crippen molar-refractivity contribution in [3.63, 3.8) is 0 Å². The molecule has 2 aromatic carbocycles. The molecule has 0 saturated carbocycles. The molecule has 1 heterocycles. The molecule has 1 N–H and O–H groups in total. The van der Waals surface area contributed by atoms with Crippen molar-refractivity contribution in [1.82, 2.24) is 9.55 Å². The van der Waals surface area contributed by atoms with Gasteiger partial charge in [0.2, 0.25) is 5.91 Å². The summed E-state index contributed by atoms with van der Waals surface area (Å²) in [5.41, 5.74) is 0.716. The minimum atomic E-state index is -0.549. The van der Waals surface area contributed by atoms with Gasteiger partial charge in [-0.25, -0.2) is 4.98 Å². The Balaban J connectivity index is 1.94. The number of carbonyl (C=O) groups excluding carboxylic acids is 1. The summed E-state index contributed by atoms with van der Waals surface area (Å²) in [5.74, 6) is -0.0805. The molecule has 0 fully saturated rings. The number of anilines is 1. The number of thioether (sulfide) groups is 1. The molecule has 9 heteroatoms. The molecule has 0 bridgehead atoms. The zero-order chi connectivity index (χ0) is 22.0. The van der Waals surface area contributed by atoms with E-state index in [1.54, 1.807) is 47.9 Å². The van der Waals surface area contributed by atoms with Crippen LogP contribution in [0, 0.1) is 5.92 Å². The van der Waals surface area contributed by atoms with E-state index in [2.05, 4.69) is 10.3 Å². The second kappa shape index (κ2) is 9.60. The number of hydrogen-bond donors (Lipinski definition) is 1. The van der Waals surface area contributed by atoms with E-state index in [1.165, 1.54) is 11.8 Å². The van der Waals surface area contributed by atoms with E-state index < -0.39 is 5.25 Å². The number of benzene rings is 2. The Kier molecular flexibility index (Phi) is 7.34. The van der Waals surface area contributed by atoms with Crippen molar-refractivity contribution in [3.05, 3.63) is 61.8 Å². The zero-order valence-corrected chi connectivity index (χ0v) is 19.7. The second-order valence-electron chi connectivity index (χ2n) is 7.21. The van der Waals surface area contributed by atoms with E-state index in [0.717, 1.165) is 0 Å². The molecule has 1 unspecified atom stereocenters. The second-order valence-corrected chi connectivity index (χ2v) is 9.77. The minimum Gasteiger partial charge on any atom is -0.323 e. The average molecular weight is 485 g/mol. The summed E-state index contributed by atoms with van der Waals surface area (Å²) in [4.78, 5) is 30.5. The molecular weight excluding hydrogens is 465 g/mol. The fraction of sp³-hybridized carbons (Fsp3) is 0.286. The summed E-state index contributed by atoms with van der Waals surface area (Å²) in [5, 5.41) is 4.31. The topological polar surface area (TPSA) is 64.0 Å². The third-order valence-electron chi connectivity index (χ3n) is 4.29. The van der Waals surface area contributed by atoms with Crippen LogP contribution in [0.2, 0.25) is 15.1 Å². The highest BCUT2D eigenvalue weighted by Crippen LogP contribution is 2.31. The van der Waals surface area contributed by atoms with Crippen molar-refractivity contribution in [3.8, 4) is 0 Å². The first-order chi connectivity index (χ1) is 14.2. The smallest absolute Gasteiger partial charge is 0.262 e. The number of nitrogens with one attached hydrogen (secondary N) is 1. The van der Waals surface area contributed by atoms with Gasteiger partial charge in [-0.3, -0.25) is 14.2 Å². The molecule has 158 valence electrons. The van der Waals surface area contributed by atoms with Crippen LogP contribution in [-0.4, -0.2) is 20.7 Å². The van der Waals surface area contributed by atoms with Gasteiger partial charge < -0.3 is 5.32 Å². The van der Waals surface area contributed by atoms with Gasteiger partial charge in [0.15, 0.2) is 5.16 Å². The summed E-state index contributed by atoms with van der Waals surface area (Å²) in [7, 11) is 0. The summed E-state index contributed by atoms with van der Waals surface area (Å²) < 4.78 is 1.60. The maximum Gasteiger partial charge on any atom is 0.262 e. The van der Waals surface area contributed by atoms with E-state index in [1.807, 2.05) is 13.8 Å². The van der Waals surface area contributed by atoms with Gasteiger partial charge in [0.05, 0.1) is 31.9 Å². The van der Waals surface area contributed by atoms with E-state index >= 15 is 0 Å². The lowest BCUT2D eigenvalue weighted by molar-refractivity contribution is -0.115. The van der Waals surface area contributed by atoms with Crippen molar-refractivity contribution in [2.45, 2.75) is 37.7 Å². The van der Waals surface area contributed by atoms with E-state index in [9.17, 15) is 9.59 Å². The maximum atomic E-state index is 13.1. The molecule has 1 amide bonds. The standard InChI is InChI=1S/C21H20Cl3N3O2S/c1-11(2)10-27-20(29)14-9-13(22)7-8-17(14)25-21(27)30-12(3)19(28)26-18-15(23)5-4-6-16(18)24/h4-9,11-12H,10H2,1-3H3,(H,26,28). The SMILES string of the molecule is CC(C)Cn1c(SC(C)C(=O)Nc2c(Cl)cccc2Cl)nc2ccc(Cl)cc2c1=O. The lowest BCUT2D eigenvalue weighted by Crippen LogP contribution is -2.28. The quantitative estimate of drug-likeness (QED) is 0.337. The molecule has 5 nitrogen and oxygen atoms in total. The van der Waals surface area contributed by atoms with Crippen LogP contribution in [0.1, 0.15) is 20.8 Å². The van der Waals surface area contributed by atoms with Gasteiger partial charge in [-0.2, -0.15) is 0 Å². The number of rotatable bonds is 6. The number of amides is 1. The molecule has 0 saturated heterocycles. The molecule has 3 rings (SSSR count). The molecule has 3 aromatic rings. The molecule has 0 radical (unpaired) electrons. The Morgan fingerprint density at radius 2 is 1.80 bits per heavy atom. The highest BCUT2D eigenvalue weighted by Gasteiger charge is 2.21. The number of para-hydroxylation sites is 1. The summed E-state index contributed by atoms with van der Waals surface area (Å²) >= 11 is 19.6. The molecule has 0 aliphatic carbocycles. The highest BCUT2D eigenvalue weighted by atomic mass is 35.5. The monoisotopic (exact) mass is 483 g/mol. The first-order valence-corrected chi connectivity index (χ1v) is 11.3. The van der Waals surface area contributed by atoms with Crippen LogP contribution in [0.15, 0.2) is 46.3 Å². The number of carbonyl (C=O) groups is 1. The van der Waals surface area contributed by atoms with Crippen LogP contribution in [0.3, 0.4) is 0 Å². The molecule has 30 heavy (non-hydrogen) atoms. The molecule has 1 atom stereocenters. The van der Waals surface area contributed by atoms with Gasteiger partial charge in [0, 0.05) is 11.6 Å². The van der Waals surface area contributed by atoms with E-state index in [4.69, 9.17) is 34.8 Å². The van der Waals surface area contributed by atoms with Crippen LogP contribution < -0.4 is 10.9 Å². The Hall–Kier alpha value is -1.73. The fourth-order valence-electron chi connectivity index (χ4n) is 2.84. The van der Waals surface area contributed by atoms with Gasteiger partial charge >= 0.3 is 0 Å². The molecule has 0 aliphatic heterocycles. The number of aromatic nitrogens is 2. The minimum absolute atomic E-state index is 0.180. The first kappa shape index (κ1) is 22.9. The Labute approximate surface area is 193 Å². The lowest BCUT2D eigenvalue weighted by atomic mass is 10.2. The van der Waals surface area contributed by atoms with Gasteiger partial charge in [0.1, 0.15) is 0 Å². The summed E-state index contributed by atoms with van der Waals surface area (Å²) in [6.07, 6.45) is 0. The zero-order valence-electron chi connectivity index (χ0n) is 16.6. The fourth-order valence-corrected chi connectivity index (χ4v) is 4.42. The van der Waals surface area contributed by atoms with Crippen molar-refractivity contribution in [1.29, 1.82) is 0 Å². The molecule has 0 spiro atoms. The first-order valence-electron chi connectivity index (χ1n) is 9.29. The largest absolute Gasteiger partial charge is 0.323 e. The number of nitrogens with zero attached hydrogens (tertiary/aromatic N) is 2. The van der Waals surface area contributed by atoms with Crippen molar-refractivity contribution in [2.24, 2.45) is 5.92 Å². The normalized spacial score (nSPS) is 12.4. The third-order valence-corrected chi connectivity index (χ3v) is 6.25.